The van der Waals surface area contributed by atoms with Crippen molar-refractivity contribution in [3.63, 3.8) is 0 Å². The number of pyridine rings is 1. The fourth-order valence-electron chi connectivity index (χ4n) is 1.49. The van der Waals surface area contributed by atoms with Crippen molar-refractivity contribution in [1.82, 2.24) is 9.71 Å². The molecule has 0 saturated carbocycles. The molecule has 0 aliphatic carbocycles. The first-order chi connectivity index (χ1) is 8.99. The van der Waals surface area contributed by atoms with Crippen LogP contribution in [0.5, 0.6) is 0 Å². The lowest BCUT2D eigenvalue weighted by molar-refractivity contribution is 0.570. The van der Waals surface area contributed by atoms with Crippen LogP contribution >= 0.6 is 11.8 Å². The van der Waals surface area contributed by atoms with Crippen molar-refractivity contribution in [2.75, 3.05) is 23.4 Å². The summed E-state index contributed by atoms with van der Waals surface area (Å²) in [5.74, 6) is 2.42. The van der Waals surface area contributed by atoms with E-state index < -0.39 is 10.0 Å². The van der Waals surface area contributed by atoms with Gasteiger partial charge < -0.3 is 5.32 Å². The van der Waals surface area contributed by atoms with Crippen LogP contribution in [0.25, 0.3) is 0 Å². The minimum atomic E-state index is -3.48. The van der Waals surface area contributed by atoms with E-state index in [0.29, 0.717) is 5.82 Å². The average Bonchev–Trinajstić information content (AvgIpc) is 2.37. The third-order valence-electron chi connectivity index (χ3n) is 2.33. The van der Waals surface area contributed by atoms with Gasteiger partial charge in [0.15, 0.2) is 0 Å². The molecule has 19 heavy (non-hydrogen) atoms. The summed E-state index contributed by atoms with van der Waals surface area (Å²) in [7, 11) is -3.48. The molecule has 2 N–H and O–H groups in total. The fraction of sp³-hybridized carbons (Fsp3) is 0.583. The van der Waals surface area contributed by atoms with E-state index >= 15 is 0 Å². The van der Waals surface area contributed by atoms with Gasteiger partial charge in [0.05, 0.1) is 0 Å². The second-order valence-electron chi connectivity index (χ2n) is 4.09. The smallest absolute Gasteiger partial charge is 0.242 e. The van der Waals surface area contributed by atoms with Crippen LogP contribution in [-0.2, 0) is 10.0 Å². The van der Waals surface area contributed by atoms with E-state index in [-0.39, 0.29) is 10.9 Å². The second kappa shape index (κ2) is 7.72. The lowest BCUT2D eigenvalue weighted by atomic mass is 10.4. The molecule has 0 saturated heterocycles. The van der Waals surface area contributed by atoms with E-state index in [2.05, 4.69) is 21.9 Å². The van der Waals surface area contributed by atoms with Crippen molar-refractivity contribution in [1.29, 1.82) is 0 Å². The molecular weight excluding hydrogens is 282 g/mol. The Hall–Kier alpha value is -0.790. The van der Waals surface area contributed by atoms with Gasteiger partial charge in [0.1, 0.15) is 10.7 Å². The molecule has 0 aliphatic heterocycles. The van der Waals surface area contributed by atoms with Crippen molar-refractivity contribution < 1.29 is 8.42 Å². The minimum absolute atomic E-state index is 0.0941. The molecule has 1 aromatic rings. The number of anilines is 1. The summed E-state index contributed by atoms with van der Waals surface area (Å²) < 4.78 is 26.8. The monoisotopic (exact) mass is 303 g/mol. The van der Waals surface area contributed by atoms with Crippen molar-refractivity contribution >= 4 is 27.6 Å². The number of aromatic nitrogens is 1. The molecule has 108 valence electrons. The highest BCUT2D eigenvalue weighted by molar-refractivity contribution is 7.99. The Labute approximate surface area is 119 Å². The Balaban J connectivity index is 2.71. The van der Waals surface area contributed by atoms with Gasteiger partial charge in [0.25, 0.3) is 0 Å². The van der Waals surface area contributed by atoms with Crippen molar-refractivity contribution in [2.45, 2.75) is 31.7 Å². The highest BCUT2D eigenvalue weighted by Gasteiger charge is 2.17. The van der Waals surface area contributed by atoms with Crippen LogP contribution in [-0.4, -0.2) is 37.5 Å². The molecule has 0 radical (unpaired) electrons. The third-order valence-corrected chi connectivity index (χ3v) is 5.05. The minimum Gasteiger partial charge on any atom is -0.370 e. The lowest BCUT2D eigenvalue weighted by Gasteiger charge is -2.13. The van der Waals surface area contributed by atoms with Gasteiger partial charge >= 0.3 is 0 Å². The Kier molecular flexibility index (Phi) is 6.60. The highest BCUT2D eigenvalue weighted by Crippen LogP contribution is 2.12. The van der Waals surface area contributed by atoms with E-state index in [1.165, 1.54) is 6.20 Å². The number of hydrogen-bond donors (Lipinski definition) is 2. The average molecular weight is 303 g/mol. The molecule has 5 nitrogen and oxygen atoms in total. The molecule has 0 bridgehead atoms. The molecule has 1 aromatic heterocycles. The first kappa shape index (κ1) is 16.3. The highest BCUT2D eigenvalue weighted by atomic mass is 32.2. The third kappa shape index (κ3) is 5.38. The van der Waals surface area contributed by atoms with E-state index in [1.807, 2.05) is 13.8 Å². The van der Waals surface area contributed by atoms with Gasteiger partial charge in [-0.3, -0.25) is 0 Å². The summed E-state index contributed by atoms with van der Waals surface area (Å²) in [4.78, 5) is 4.27. The summed E-state index contributed by atoms with van der Waals surface area (Å²) >= 11 is 1.71. The van der Waals surface area contributed by atoms with E-state index in [0.717, 1.165) is 18.1 Å². The predicted molar refractivity (Wildman–Crippen MR) is 81.2 cm³/mol. The van der Waals surface area contributed by atoms with E-state index in [1.54, 1.807) is 23.9 Å². The quantitative estimate of drug-likeness (QED) is 0.768. The van der Waals surface area contributed by atoms with Gasteiger partial charge in [-0.2, -0.15) is 11.8 Å². The Bertz CT molecular complexity index is 474. The predicted octanol–water partition coefficient (Wildman–Crippen LogP) is 1.93. The van der Waals surface area contributed by atoms with E-state index in [9.17, 15) is 8.42 Å². The maximum atomic E-state index is 12.1. The number of rotatable bonds is 8. The molecule has 0 fully saturated rings. The summed E-state index contributed by atoms with van der Waals surface area (Å²) in [6, 6.07) is 3.14. The van der Waals surface area contributed by atoms with E-state index in [4.69, 9.17) is 0 Å². The Morgan fingerprint density at radius 1 is 1.37 bits per heavy atom. The first-order valence-electron chi connectivity index (χ1n) is 6.29. The first-order valence-corrected chi connectivity index (χ1v) is 8.93. The maximum absolute atomic E-state index is 12.1. The van der Waals surface area contributed by atoms with Gasteiger partial charge in [-0.25, -0.2) is 18.1 Å². The lowest BCUT2D eigenvalue weighted by Crippen LogP contribution is -2.34. The van der Waals surface area contributed by atoms with Crippen LogP contribution in [0.2, 0.25) is 0 Å². The van der Waals surface area contributed by atoms with Crippen LogP contribution in [0.4, 0.5) is 5.82 Å². The van der Waals surface area contributed by atoms with Crippen LogP contribution in [0.3, 0.4) is 0 Å². The number of hydrogen-bond acceptors (Lipinski definition) is 5. The van der Waals surface area contributed by atoms with Crippen molar-refractivity contribution in [3.8, 4) is 0 Å². The summed E-state index contributed by atoms with van der Waals surface area (Å²) in [5.41, 5.74) is 0. The second-order valence-corrected chi connectivity index (χ2v) is 7.12. The van der Waals surface area contributed by atoms with Gasteiger partial charge in [-0.15, -0.1) is 0 Å². The normalized spacial score (nSPS) is 13.2. The van der Waals surface area contributed by atoms with Gasteiger partial charge in [0, 0.05) is 24.5 Å². The molecule has 1 atom stereocenters. The van der Waals surface area contributed by atoms with Crippen LogP contribution < -0.4 is 10.0 Å². The SMILES string of the molecule is CCNc1ccc(S(=O)(=O)NC(C)CSCC)cn1. The molecule has 7 heteroatoms. The Morgan fingerprint density at radius 2 is 2.11 bits per heavy atom. The molecule has 0 amide bonds. The van der Waals surface area contributed by atoms with Crippen molar-refractivity contribution in [3.05, 3.63) is 18.3 Å². The van der Waals surface area contributed by atoms with Gasteiger partial charge in [-0.1, -0.05) is 6.92 Å². The molecule has 0 spiro atoms. The molecule has 0 aromatic carbocycles. The molecule has 0 aliphatic rings. The molecule has 1 unspecified atom stereocenters. The molecular formula is C12H21N3O2S2. The number of thioether (sulfide) groups is 1. The largest absolute Gasteiger partial charge is 0.370 e. The zero-order valence-corrected chi connectivity index (χ0v) is 13.1. The maximum Gasteiger partial charge on any atom is 0.242 e. The van der Waals surface area contributed by atoms with Gasteiger partial charge in [-0.05, 0) is 31.7 Å². The summed E-state index contributed by atoms with van der Waals surface area (Å²) in [6.07, 6.45) is 1.38. The Morgan fingerprint density at radius 3 is 2.63 bits per heavy atom. The number of sulfonamides is 1. The summed E-state index contributed by atoms with van der Waals surface area (Å²) in [5, 5.41) is 3.03. The standard InChI is InChI=1S/C12H21N3O2S2/c1-4-13-12-7-6-11(8-14-12)19(16,17)15-10(3)9-18-5-2/h6-8,10,15H,4-5,9H2,1-3H3,(H,13,14). The zero-order chi connectivity index (χ0) is 14.3. The molecule has 1 heterocycles. The topological polar surface area (TPSA) is 71.1 Å². The molecule has 1 rings (SSSR count). The van der Waals surface area contributed by atoms with Crippen LogP contribution in [0, 0.1) is 0 Å². The number of nitrogens with zero attached hydrogens (tertiary/aromatic N) is 1. The van der Waals surface area contributed by atoms with Crippen LogP contribution in [0.15, 0.2) is 23.2 Å². The van der Waals surface area contributed by atoms with Gasteiger partial charge in [0.2, 0.25) is 10.0 Å². The van der Waals surface area contributed by atoms with Crippen molar-refractivity contribution in [2.24, 2.45) is 0 Å². The fourth-order valence-corrected chi connectivity index (χ4v) is 3.45. The zero-order valence-electron chi connectivity index (χ0n) is 11.5. The van der Waals surface area contributed by atoms with Crippen LogP contribution in [0.1, 0.15) is 20.8 Å². The number of nitrogens with one attached hydrogen (secondary N) is 2. The summed E-state index contributed by atoms with van der Waals surface area (Å²) in [6.45, 7) is 6.62.